The first-order valence-corrected chi connectivity index (χ1v) is 8.40. The van der Waals surface area contributed by atoms with E-state index in [2.05, 4.69) is 9.51 Å². The van der Waals surface area contributed by atoms with E-state index in [1.54, 1.807) is 23.9 Å². The van der Waals surface area contributed by atoms with Gasteiger partial charge in [-0.25, -0.2) is 4.98 Å². The predicted molar refractivity (Wildman–Crippen MR) is 74.0 cm³/mol. The second-order valence-electron chi connectivity index (χ2n) is 5.45. The lowest BCUT2D eigenvalue weighted by Crippen LogP contribution is -2.34. The Labute approximate surface area is 135 Å². The van der Waals surface area contributed by atoms with Crippen molar-refractivity contribution in [1.29, 1.82) is 5.41 Å². The molecule has 12 heteroatoms. The lowest BCUT2D eigenvalue weighted by atomic mass is 10.1. The van der Waals surface area contributed by atoms with Crippen LogP contribution in [-0.4, -0.2) is 49.3 Å². The van der Waals surface area contributed by atoms with Gasteiger partial charge in [0.1, 0.15) is 23.8 Å². The van der Waals surface area contributed by atoms with E-state index in [0.29, 0.717) is 11.0 Å². The maximum absolute atomic E-state index is 10.5. The fraction of sp³-hybridized carbons (Fsp3) is 0.500. The van der Waals surface area contributed by atoms with Crippen molar-refractivity contribution in [3.05, 3.63) is 24.1 Å². The van der Waals surface area contributed by atoms with Crippen LogP contribution >= 0.6 is 7.82 Å². The summed E-state index contributed by atoms with van der Waals surface area (Å²) in [5.41, 5.74) is 1.01. The molecule has 0 aromatic carbocycles. The average Bonchev–Trinajstić information content (AvgIpc) is 3.04. The molecule has 0 saturated carbocycles. The van der Waals surface area contributed by atoms with Crippen molar-refractivity contribution in [1.82, 2.24) is 14.1 Å². The molecule has 11 nitrogen and oxygen atoms in total. The summed E-state index contributed by atoms with van der Waals surface area (Å²) < 4.78 is 23.1. The molecule has 4 atom stereocenters. The van der Waals surface area contributed by atoms with Gasteiger partial charge < -0.3 is 43.0 Å². The number of ether oxygens (including phenoxy) is 1. The number of rotatable bonds is 4. The molecule has 2 aromatic rings. The lowest BCUT2D eigenvalue weighted by Gasteiger charge is -2.30. The second-order valence-corrected chi connectivity index (χ2v) is 6.60. The molecule has 1 aliphatic heterocycles. The molecule has 1 aliphatic rings. The Bertz CT molecular complexity index is 859. The van der Waals surface area contributed by atoms with Crippen LogP contribution in [0.15, 0.2) is 18.6 Å². The Morgan fingerprint density at radius 2 is 2.17 bits per heavy atom. The van der Waals surface area contributed by atoms with Crippen LogP contribution < -0.4 is 15.3 Å². The van der Waals surface area contributed by atoms with Gasteiger partial charge in [0.15, 0.2) is 11.7 Å². The Kier molecular flexibility index (Phi) is 4.34. The molecule has 2 aromatic heterocycles. The molecule has 0 aliphatic carbocycles. The van der Waals surface area contributed by atoms with E-state index in [1.165, 1.54) is 10.9 Å². The summed E-state index contributed by atoms with van der Waals surface area (Å²) in [5, 5.41) is 28.1. The van der Waals surface area contributed by atoms with Gasteiger partial charge in [-0.1, -0.05) is 0 Å². The van der Waals surface area contributed by atoms with E-state index in [9.17, 15) is 24.6 Å². The van der Waals surface area contributed by atoms with Gasteiger partial charge in [-0.3, -0.25) is 5.41 Å². The average molecular weight is 358 g/mol. The normalized spacial score (nSPS) is 27.9. The minimum atomic E-state index is -5.21. The smallest absolute Gasteiger partial charge is 0.164 e. The summed E-state index contributed by atoms with van der Waals surface area (Å²) in [6, 6.07) is 1.66. The third-order valence-electron chi connectivity index (χ3n) is 3.87. The molecular formula is C12H15N4O7P-2. The van der Waals surface area contributed by atoms with Gasteiger partial charge >= 0.3 is 0 Å². The van der Waals surface area contributed by atoms with Gasteiger partial charge in [-0.05, 0) is 6.07 Å². The third-order valence-corrected chi connectivity index (χ3v) is 4.34. The molecule has 1 saturated heterocycles. The molecule has 3 rings (SSSR count). The van der Waals surface area contributed by atoms with E-state index in [4.69, 9.17) is 10.1 Å². The lowest BCUT2D eigenvalue weighted by molar-refractivity contribution is -0.343. The minimum Gasteiger partial charge on any atom is -0.790 e. The van der Waals surface area contributed by atoms with Crippen molar-refractivity contribution in [2.45, 2.75) is 24.5 Å². The maximum atomic E-state index is 10.5. The van der Waals surface area contributed by atoms with Gasteiger partial charge in [-0.15, -0.1) is 0 Å². The van der Waals surface area contributed by atoms with Crippen molar-refractivity contribution in [2.24, 2.45) is 7.05 Å². The Balaban J connectivity index is 1.89. The number of pyridine rings is 1. The molecule has 0 unspecified atom stereocenters. The zero-order chi connectivity index (χ0) is 17.6. The van der Waals surface area contributed by atoms with Crippen LogP contribution in [0.1, 0.15) is 6.23 Å². The van der Waals surface area contributed by atoms with Gasteiger partial charge in [0.05, 0.1) is 26.3 Å². The van der Waals surface area contributed by atoms with E-state index >= 15 is 0 Å². The summed E-state index contributed by atoms with van der Waals surface area (Å²) >= 11 is 0. The molecule has 0 bridgehead atoms. The molecule has 132 valence electrons. The summed E-state index contributed by atoms with van der Waals surface area (Å²) in [5.74, 6) is 0. The number of aliphatic hydroxyl groups excluding tert-OH is 2. The Morgan fingerprint density at radius 3 is 2.83 bits per heavy atom. The quantitative estimate of drug-likeness (QED) is 0.497. The van der Waals surface area contributed by atoms with E-state index < -0.39 is 39.0 Å². The Hall–Kier alpha value is -1.59. The highest BCUT2D eigenvalue weighted by Gasteiger charge is 2.44. The molecule has 0 amide bonds. The van der Waals surface area contributed by atoms with Gasteiger partial charge in [0.2, 0.25) is 0 Å². The number of phosphoric acid groups is 1. The van der Waals surface area contributed by atoms with Crippen LogP contribution in [0.5, 0.6) is 0 Å². The van der Waals surface area contributed by atoms with E-state index in [-0.39, 0.29) is 5.49 Å². The first kappa shape index (κ1) is 17.2. The zero-order valence-electron chi connectivity index (χ0n) is 12.5. The van der Waals surface area contributed by atoms with Crippen LogP contribution in [0.4, 0.5) is 0 Å². The number of aryl methyl sites for hydroxylation is 1. The third kappa shape index (κ3) is 3.03. The number of phosphoric ester groups is 1. The van der Waals surface area contributed by atoms with Crippen LogP contribution in [0, 0.1) is 5.41 Å². The SMILES string of the molecule is Cn1ccc2c(ncn2[C@@H]2O[C@H](COP(=O)([O-])[O-])[C@@H](O)[C@H]2O)c1=N. The van der Waals surface area contributed by atoms with Gasteiger partial charge in [0, 0.05) is 13.2 Å². The molecule has 24 heavy (non-hydrogen) atoms. The summed E-state index contributed by atoms with van der Waals surface area (Å²) in [6.45, 7) is -0.704. The standard InChI is InChI=1S/C12H17N4O7P/c1-15-3-2-6-8(11(15)13)14-5-16(6)12-10(18)9(17)7(23-12)4-22-24(19,20)21/h2-3,5,7,9-10,12-13,17-18H,4H2,1H3,(H2,19,20,21)/p-2/t7-,9-,10-,12-/m1/s1. The first-order valence-electron chi connectivity index (χ1n) is 6.94. The number of hydrogen-bond donors (Lipinski definition) is 3. The molecule has 3 N–H and O–H groups in total. The number of aromatic nitrogens is 3. The fourth-order valence-corrected chi connectivity index (χ4v) is 2.94. The van der Waals surface area contributed by atoms with E-state index in [1.807, 2.05) is 0 Å². The van der Waals surface area contributed by atoms with Crippen LogP contribution in [-0.2, 0) is 20.9 Å². The summed E-state index contributed by atoms with van der Waals surface area (Å²) in [7, 11) is -3.53. The maximum Gasteiger partial charge on any atom is 0.164 e. The highest BCUT2D eigenvalue weighted by atomic mass is 31.2. The first-order chi connectivity index (χ1) is 11.2. The van der Waals surface area contributed by atoms with Crippen LogP contribution in [0.3, 0.4) is 0 Å². The largest absolute Gasteiger partial charge is 0.790 e. The fourth-order valence-electron chi connectivity index (χ4n) is 2.61. The molecular weight excluding hydrogens is 343 g/mol. The number of nitrogens with one attached hydrogen (secondary N) is 1. The van der Waals surface area contributed by atoms with Gasteiger partial charge in [0.25, 0.3) is 0 Å². The molecule has 0 radical (unpaired) electrons. The monoisotopic (exact) mass is 358 g/mol. The van der Waals surface area contributed by atoms with Crippen molar-refractivity contribution < 1.29 is 33.8 Å². The zero-order valence-corrected chi connectivity index (χ0v) is 13.4. The highest BCUT2D eigenvalue weighted by Crippen LogP contribution is 2.34. The van der Waals surface area contributed by atoms with Crippen LogP contribution in [0.2, 0.25) is 0 Å². The number of hydrogen-bond acceptors (Lipinski definition) is 9. The summed E-state index contributed by atoms with van der Waals surface area (Å²) in [6.07, 6.45) is -2.13. The van der Waals surface area contributed by atoms with Crippen molar-refractivity contribution >= 4 is 18.9 Å². The predicted octanol–water partition coefficient (Wildman–Crippen LogP) is -2.68. The van der Waals surface area contributed by atoms with Crippen LogP contribution in [0.25, 0.3) is 11.0 Å². The number of aliphatic hydroxyl groups is 2. The number of nitrogens with zero attached hydrogens (tertiary/aromatic N) is 3. The van der Waals surface area contributed by atoms with Gasteiger partial charge in [-0.2, -0.15) is 0 Å². The Morgan fingerprint density at radius 1 is 1.46 bits per heavy atom. The van der Waals surface area contributed by atoms with Crippen molar-refractivity contribution in [2.75, 3.05) is 6.61 Å². The second kappa shape index (κ2) is 6.05. The van der Waals surface area contributed by atoms with Crippen molar-refractivity contribution in [3.8, 4) is 0 Å². The minimum absolute atomic E-state index is 0.151. The topological polar surface area (TPSA) is 169 Å². The summed E-state index contributed by atoms with van der Waals surface area (Å²) in [4.78, 5) is 25.2. The number of fused-ring (bicyclic) bond motifs is 1. The molecule has 3 heterocycles. The number of imidazole rings is 1. The van der Waals surface area contributed by atoms with Crippen molar-refractivity contribution in [3.63, 3.8) is 0 Å². The highest BCUT2D eigenvalue weighted by molar-refractivity contribution is 7.43. The molecule has 0 spiro atoms. The van der Waals surface area contributed by atoms with E-state index in [0.717, 1.165) is 0 Å². The molecule has 1 fully saturated rings.